The first kappa shape index (κ1) is 6.64. The normalized spacial score (nSPS) is 44.6. The van der Waals surface area contributed by atoms with E-state index in [1.54, 1.807) is 0 Å². The Balaban J connectivity index is 0.000000186. The zero-order valence-electron chi connectivity index (χ0n) is 5.71. The number of hydrogen-bond acceptors (Lipinski definition) is 1. The van der Waals surface area contributed by atoms with E-state index < -0.39 is 0 Å². The largest absolute Gasteiger partial charge is 0.381 e. The van der Waals surface area contributed by atoms with Crippen LogP contribution in [0.3, 0.4) is 0 Å². The summed E-state index contributed by atoms with van der Waals surface area (Å²) in [7, 11) is 0. The SMILES string of the molecule is C#C.CC1C2COCC12. The van der Waals surface area contributed by atoms with Gasteiger partial charge >= 0.3 is 0 Å². The Morgan fingerprint density at radius 2 is 1.67 bits per heavy atom. The van der Waals surface area contributed by atoms with Crippen molar-refractivity contribution in [1.82, 2.24) is 0 Å². The van der Waals surface area contributed by atoms with Gasteiger partial charge in [-0.25, -0.2) is 0 Å². The maximum absolute atomic E-state index is 5.18. The van der Waals surface area contributed by atoms with E-state index in [4.69, 9.17) is 4.74 Å². The van der Waals surface area contributed by atoms with Gasteiger partial charge in [0.1, 0.15) is 0 Å². The van der Waals surface area contributed by atoms with Gasteiger partial charge in [0.05, 0.1) is 13.2 Å². The van der Waals surface area contributed by atoms with Gasteiger partial charge in [-0.05, 0) is 17.8 Å². The highest BCUT2D eigenvalue weighted by Gasteiger charge is 2.50. The summed E-state index contributed by atoms with van der Waals surface area (Å²) < 4.78 is 5.18. The molecule has 1 saturated heterocycles. The van der Waals surface area contributed by atoms with E-state index in [-0.39, 0.29) is 0 Å². The number of terminal acetylenes is 1. The van der Waals surface area contributed by atoms with Crippen molar-refractivity contribution in [1.29, 1.82) is 0 Å². The first-order valence-corrected chi connectivity index (χ1v) is 3.30. The molecule has 0 aromatic rings. The average Bonchev–Trinajstić information content (AvgIpc) is 2.36. The van der Waals surface area contributed by atoms with E-state index in [1.807, 2.05) is 0 Å². The number of hydrogen-bond donors (Lipinski definition) is 0. The van der Waals surface area contributed by atoms with Crippen LogP contribution < -0.4 is 0 Å². The molecule has 0 radical (unpaired) electrons. The lowest BCUT2D eigenvalue weighted by Crippen LogP contribution is -1.93. The van der Waals surface area contributed by atoms with Crippen LogP contribution in [-0.4, -0.2) is 13.2 Å². The van der Waals surface area contributed by atoms with Crippen molar-refractivity contribution in [2.45, 2.75) is 6.92 Å². The third-order valence-corrected chi connectivity index (χ3v) is 2.38. The molecule has 1 nitrogen and oxygen atoms in total. The monoisotopic (exact) mass is 124 g/mol. The Hall–Kier alpha value is -0.480. The summed E-state index contributed by atoms with van der Waals surface area (Å²) in [4.78, 5) is 0. The van der Waals surface area contributed by atoms with Crippen molar-refractivity contribution in [2.24, 2.45) is 17.8 Å². The van der Waals surface area contributed by atoms with Gasteiger partial charge in [0.2, 0.25) is 0 Å². The molecule has 9 heavy (non-hydrogen) atoms. The van der Waals surface area contributed by atoms with Gasteiger partial charge in [0.25, 0.3) is 0 Å². The number of rotatable bonds is 0. The van der Waals surface area contributed by atoms with E-state index in [2.05, 4.69) is 19.8 Å². The molecule has 2 atom stereocenters. The summed E-state index contributed by atoms with van der Waals surface area (Å²) in [5, 5.41) is 0. The minimum absolute atomic E-state index is 0.958. The third-order valence-electron chi connectivity index (χ3n) is 2.38. The standard InChI is InChI=1S/C6H10O.C2H2/c1-4-5-2-7-3-6(4)5;1-2/h4-6H,2-3H2,1H3;1-2H. The summed E-state index contributed by atoms with van der Waals surface area (Å²) >= 11 is 0. The van der Waals surface area contributed by atoms with Crippen LogP contribution in [0.15, 0.2) is 0 Å². The van der Waals surface area contributed by atoms with Gasteiger partial charge < -0.3 is 4.74 Å². The molecule has 0 spiro atoms. The molecule has 0 aromatic carbocycles. The fourth-order valence-electron chi connectivity index (χ4n) is 1.53. The van der Waals surface area contributed by atoms with Crippen LogP contribution in [0.2, 0.25) is 0 Å². The van der Waals surface area contributed by atoms with Gasteiger partial charge in [-0.3, -0.25) is 0 Å². The molecular formula is C8H12O. The van der Waals surface area contributed by atoms with Crippen LogP contribution in [0.1, 0.15) is 6.92 Å². The van der Waals surface area contributed by atoms with E-state index in [1.165, 1.54) is 0 Å². The number of fused-ring (bicyclic) bond motifs is 1. The van der Waals surface area contributed by atoms with Gasteiger partial charge in [-0.15, -0.1) is 12.8 Å². The Morgan fingerprint density at radius 3 is 1.89 bits per heavy atom. The molecule has 1 heteroatoms. The fraction of sp³-hybridized carbons (Fsp3) is 0.750. The quantitative estimate of drug-likeness (QED) is 0.440. The van der Waals surface area contributed by atoms with Crippen LogP contribution in [-0.2, 0) is 4.74 Å². The molecule has 1 aliphatic carbocycles. The van der Waals surface area contributed by atoms with E-state index in [9.17, 15) is 0 Å². The highest BCUT2D eigenvalue weighted by Crippen LogP contribution is 2.49. The van der Waals surface area contributed by atoms with Gasteiger partial charge in [0, 0.05) is 0 Å². The minimum Gasteiger partial charge on any atom is -0.381 e. The molecule has 2 fully saturated rings. The van der Waals surface area contributed by atoms with Crippen LogP contribution in [0.25, 0.3) is 0 Å². The predicted octanol–water partition coefficient (Wildman–Crippen LogP) is 1.15. The summed E-state index contributed by atoms with van der Waals surface area (Å²) in [6.45, 7) is 4.41. The van der Waals surface area contributed by atoms with Gasteiger partial charge in [-0.2, -0.15) is 0 Å². The highest BCUT2D eigenvalue weighted by atomic mass is 16.5. The Morgan fingerprint density at radius 1 is 1.22 bits per heavy atom. The van der Waals surface area contributed by atoms with Crippen molar-refractivity contribution in [3.8, 4) is 12.8 Å². The maximum Gasteiger partial charge on any atom is 0.0500 e. The van der Waals surface area contributed by atoms with Crippen LogP contribution in [0.5, 0.6) is 0 Å². The smallest absolute Gasteiger partial charge is 0.0500 e. The van der Waals surface area contributed by atoms with Crippen LogP contribution in [0, 0.1) is 30.6 Å². The minimum atomic E-state index is 0.958. The van der Waals surface area contributed by atoms with E-state index in [0.717, 1.165) is 31.0 Å². The van der Waals surface area contributed by atoms with Crippen LogP contribution in [0.4, 0.5) is 0 Å². The maximum atomic E-state index is 5.18. The van der Waals surface area contributed by atoms with Gasteiger partial charge in [-0.1, -0.05) is 6.92 Å². The summed E-state index contributed by atoms with van der Waals surface area (Å²) in [6, 6.07) is 0. The molecule has 0 aromatic heterocycles. The summed E-state index contributed by atoms with van der Waals surface area (Å²) in [5.41, 5.74) is 0. The van der Waals surface area contributed by atoms with E-state index in [0.29, 0.717) is 0 Å². The Kier molecular flexibility index (Phi) is 1.78. The second-order valence-corrected chi connectivity index (χ2v) is 2.72. The lowest BCUT2D eigenvalue weighted by atomic mass is 10.4. The van der Waals surface area contributed by atoms with Crippen molar-refractivity contribution in [2.75, 3.05) is 13.2 Å². The molecule has 1 heterocycles. The zero-order valence-corrected chi connectivity index (χ0v) is 5.71. The molecule has 1 saturated carbocycles. The Bertz CT molecular complexity index is 107. The average molecular weight is 124 g/mol. The second kappa shape index (κ2) is 2.41. The molecular weight excluding hydrogens is 112 g/mol. The van der Waals surface area contributed by atoms with E-state index >= 15 is 0 Å². The highest BCUT2D eigenvalue weighted by molar-refractivity contribution is 4.97. The molecule has 2 rings (SSSR count). The molecule has 2 aliphatic rings. The van der Waals surface area contributed by atoms with Crippen LogP contribution >= 0.6 is 0 Å². The zero-order chi connectivity index (χ0) is 6.85. The molecule has 50 valence electrons. The topological polar surface area (TPSA) is 9.23 Å². The molecule has 0 bridgehead atoms. The third kappa shape index (κ3) is 0.951. The molecule has 2 unspecified atom stereocenters. The molecule has 1 aliphatic heterocycles. The number of ether oxygens (including phenoxy) is 1. The van der Waals surface area contributed by atoms with Crippen molar-refractivity contribution >= 4 is 0 Å². The lowest BCUT2D eigenvalue weighted by molar-refractivity contribution is 0.154. The second-order valence-electron chi connectivity index (χ2n) is 2.72. The fourth-order valence-corrected chi connectivity index (χ4v) is 1.53. The predicted molar refractivity (Wildman–Crippen MR) is 36.9 cm³/mol. The summed E-state index contributed by atoms with van der Waals surface area (Å²) in [6.07, 6.45) is 8.00. The molecule has 0 amide bonds. The summed E-state index contributed by atoms with van der Waals surface area (Å²) in [5.74, 6) is 2.91. The Labute approximate surface area is 56.4 Å². The van der Waals surface area contributed by atoms with Crippen molar-refractivity contribution < 1.29 is 4.74 Å². The van der Waals surface area contributed by atoms with Gasteiger partial charge in [0.15, 0.2) is 0 Å². The van der Waals surface area contributed by atoms with Crippen molar-refractivity contribution in [3.63, 3.8) is 0 Å². The molecule has 0 N–H and O–H groups in total. The van der Waals surface area contributed by atoms with Crippen molar-refractivity contribution in [3.05, 3.63) is 0 Å². The lowest BCUT2D eigenvalue weighted by Gasteiger charge is -1.93. The first-order chi connectivity index (χ1) is 4.39. The first-order valence-electron chi connectivity index (χ1n) is 3.30.